The van der Waals surface area contributed by atoms with E-state index in [-0.39, 0.29) is 11.8 Å². The van der Waals surface area contributed by atoms with Crippen molar-refractivity contribution in [2.75, 3.05) is 18.0 Å². The molecular weight excluding hydrogens is 336 g/mol. The third-order valence-electron chi connectivity index (χ3n) is 4.68. The lowest BCUT2D eigenvalue weighted by atomic mass is 10.1. The molecule has 0 saturated carbocycles. The molecule has 2 aromatic rings. The lowest BCUT2D eigenvalue weighted by Crippen LogP contribution is -2.57. The third kappa shape index (κ3) is 3.40. The van der Waals surface area contributed by atoms with Gasteiger partial charge in [0.15, 0.2) is 0 Å². The van der Waals surface area contributed by atoms with Crippen LogP contribution in [0.1, 0.15) is 29.8 Å². The first kappa shape index (κ1) is 17.5. The van der Waals surface area contributed by atoms with E-state index in [2.05, 4.69) is 6.92 Å². The SMILES string of the molecule is CCc1ccc(N2CCN(C(=O)c3ccccc3Cl)[C@H](C)C2=O)cc1. The molecule has 1 aliphatic heterocycles. The number of amides is 2. The minimum atomic E-state index is -0.525. The Morgan fingerprint density at radius 3 is 2.44 bits per heavy atom. The fourth-order valence-corrected chi connectivity index (χ4v) is 3.32. The summed E-state index contributed by atoms with van der Waals surface area (Å²) in [5, 5.41) is 0.407. The molecule has 0 radical (unpaired) electrons. The van der Waals surface area contributed by atoms with E-state index >= 15 is 0 Å². The number of halogens is 1. The van der Waals surface area contributed by atoms with E-state index in [1.807, 2.05) is 24.3 Å². The summed E-state index contributed by atoms with van der Waals surface area (Å²) < 4.78 is 0. The monoisotopic (exact) mass is 356 g/mol. The van der Waals surface area contributed by atoms with Crippen molar-refractivity contribution in [3.05, 3.63) is 64.7 Å². The molecule has 5 heteroatoms. The number of anilines is 1. The summed E-state index contributed by atoms with van der Waals surface area (Å²) in [5.41, 5.74) is 2.54. The smallest absolute Gasteiger partial charge is 0.256 e. The van der Waals surface area contributed by atoms with Gasteiger partial charge in [0.1, 0.15) is 6.04 Å². The summed E-state index contributed by atoms with van der Waals surface area (Å²) >= 11 is 6.13. The van der Waals surface area contributed by atoms with Crippen LogP contribution in [0.3, 0.4) is 0 Å². The molecule has 0 aromatic heterocycles. The quantitative estimate of drug-likeness (QED) is 0.839. The van der Waals surface area contributed by atoms with Gasteiger partial charge in [0.2, 0.25) is 5.91 Å². The van der Waals surface area contributed by atoms with Gasteiger partial charge in [-0.2, -0.15) is 0 Å². The number of hydrogen-bond acceptors (Lipinski definition) is 2. The van der Waals surface area contributed by atoms with E-state index in [0.29, 0.717) is 23.7 Å². The first-order chi connectivity index (χ1) is 12.0. The number of carbonyl (C=O) groups excluding carboxylic acids is 2. The van der Waals surface area contributed by atoms with Gasteiger partial charge in [-0.1, -0.05) is 42.8 Å². The third-order valence-corrected chi connectivity index (χ3v) is 5.01. The van der Waals surface area contributed by atoms with Gasteiger partial charge >= 0.3 is 0 Å². The summed E-state index contributed by atoms with van der Waals surface area (Å²) in [5.74, 6) is -0.275. The Morgan fingerprint density at radius 1 is 1.12 bits per heavy atom. The van der Waals surface area contributed by atoms with Gasteiger partial charge in [0.05, 0.1) is 10.6 Å². The zero-order valence-corrected chi connectivity index (χ0v) is 15.2. The molecule has 0 bridgehead atoms. The Kier molecular flexibility index (Phi) is 5.09. The van der Waals surface area contributed by atoms with E-state index in [0.717, 1.165) is 12.1 Å². The first-order valence-electron chi connectivity index (χ1n) is 8.48. The standard InChI is InChI=1S/C20H21ClN2O2/c1-3-15-8-10-16(11-9-15)23-13-12-22(14(2)19(23)24)20(25)17-6-4-5-7-18(17)21/h4-11,14H,3,12-13H2,1-2H3/t14-/m1/s1. The summed E-state index contributed by atoms with van der Waals surface area (Å²) in [7, 11) is 0. The summed E-state index contributed by atoms with van der Waals surface area (Å²) in [4.78, 5) is 28.9. The Bertz CT molecular complexity index is 789. The normalized spacial score (nSPS) is 17.7. The van der Waals surface area contributed by atoms with Crippen LogP contribution in [-0.4, -0.2) is 35.8 Å². The second kappa shape index (κ2) is 7.28. The van der Waals surface area contributed by atoms with Crippen molar-refractivity contribution in [2.24, 2.45) is 0 Å². The number of rotatable bonds is 3. The molecule has 0 unspecified atom stereocenters. The van der Waals surface area contributed by atoms with Gasteiger partial charge in [-0.25, -0.2) is 0 Å². The van der Waals surface area contributed by atoms with Crippen LogP contribution < -0.4 is 4.90 Å². The van der Waals surface area contributed by atoms with Gasteiger partial charge in [-0.05, 0) is 43.2 Å². The summed E-state index contributed by atoms with van der Waals surface area (Å²) in [6, 6.07) is 14.4. The van der Waals surface area contributed by atoms with Crippen LogP contribution >= 0.6 is 11.6 Å². The van der Waals surface area contributed by atoms with Crippen molar-refractivity contribution in [1.82, 2.24) is 4.90 Å². The average Bonchev–Trinajstić information content (AvgIpc) is 2.64. The second-order valence-electron chi connectivity index (χ2n) is 6.16. The van der Waals surface area contributed by atoms with Gasteiger partial charge in [-0.3, -0.25) is 9.59 Å². The maximum atomic E-state index is 12.8. The highest BCUT2D eigenvalue weighted by atomic mass is 35.5. The highest BCUT2D eigenvalue weighted by Crippen LogP contribution is 2.24. The van der Waals surface area contributed by atoms with E-state index in [1.54, 1.807) is 41.0 Å². The molecule has 0 spiro atoms. The summed E-state index contributed by atoms with van der Waals surface area (Å²) in [6.07, 6.45) is 0.963. The highest BCUT2D eigenvalue weighted by molar-refractivity contribution is 6.33. The molecular formula is C20H21ClN2O2. The van der Waals surface area contributed by atoms with Crippen LogP contribution in [0.5, 0.6) is 0 Å². The molecule has 25 heavy (non-hydrogen) atoms. The zero-order valence-electron chi connectivity index (χ0n) is 14.4. The number of aryl methyl sites for hydroxylation is 1. The van der Waals surface area contributed by atoms with Gasteiger partial charge in [-0.15, -0.1) is 0 Å². The van der Waals surface area contributed by atoms with Crippen LogP contribution in [0, 0.1) is 0 Å². The Hall–Kier alpha value is -2.33. The lowest BCUT2D eigenvalue weighted by molar-refractivity contribution is -0.124. The van der Waals surface area contributed by atoms with Crippen LogP contribution in [-0.2, 0) is 11.2 Å². The highest BCUT2D eigenvalue weighted by Gasteiger charge is 2.35. The van der Waals surface area contributed by atoms with Crippen LogP contribution in [0.15, 0.2) is 48.5 Å². The molecule has 1 saturated heterocycles. The van der Waals surface area contributed by atoms with Gasteiger partial charge in [0, 0.05) is 18.8 Å². The number of hydrogen-bond donors (Lipinski definition) is 0. The van der Waals surface area contributed by atoms with Crippen molar-refractivity contribution in [3.8, 4) is 0 Å². The molecule has 130 valence electrons. The number of nitrogens with zero attached hydrogens (tertiary/aromatic N) is 2. The molecule has 0 aliphatic carbocycles. The molecule has 1 fully saturated rings. The van der Waals surface area contributed by atoms with Crippen molar-refractivity contribution in [2.45, 2.75) is 26.3 Å². The Labute approximate surface area is 153 Å². The molecule has 1 aliphatic rings. The fraction of sp³-hybridized carbons (Fsp3) is 0.300. The lowest BCUT2D eigenvalue weighted by Gasteiger charge is -2.39. The van der Waals surface area contributed by atoms with Crippen LogP contribution in [0.4, 0.5) is 5.69 Å². The van der Waals surface area contributed by atoms with Crippen molar-refractivity contribution in [3.63, 3.8) is 0 Å². The Balaban J connectivity index is 1.79. The van der Waals surface area contributed by atoms with Gasteiger partial charge in [0.25, 0.3) is 5.91 Å². The molecule has 1 atom stereocenters. The van der Waals surface area contributed by atoms with Crippen LogP contribution in [0.2, 0.25) is 5.02 Å². The maximum absolute atomic E-state index is 12.8. The molecule has 1 heterocycles. The fourth-order valence-electron chi connectivity index (χ4n) is 3.11. The first-order valence-corrected chi connectivity index (χ1v) is 8.86. The minimum absolute atomic E-state index is 0.0732. The second-order valence-corrected chi connectivity index (χ2v) is 6.57. The van der Waals surface area contributed by atoms with Crippen molar-refractivity contribution < 1.29 is 9.59 Å². The van der Waals surface area contributed by atoms with E-state index in [4.69, 9.17) is 11.6 Å². The van der Waals surface area contributed by atoms with E-state index < -0.39 is 6.04 Å². The minimum Gasteiger partial charge on any atom is -0.325 e. The largest absolute Gasteiger partial charge is 0.325 e. The van der Waals surface area contributed by atoms with E-state index in [1.165, 1.54) is 5.56 Å². The average molecular weight is 357 g/mol. The molecule has 2 amide bonds. The number of piperazine rings is 1. The number of benzene rings is 2. The van der Waals surface area contributed by atoms with Crippen molar-refractivity contribution in [1.29, 1.82) is 0 Å². The molecule has 3 rings (SSSR count). The van der Waals surface area contributed by atoms with Crippen LogP contribution in [0.25, 0.3) is 0 Å². The Morgan fingerprint density at radius 2 is 1.80 bits per heavy atom. The van der Waals surface area contributed by atoms with Gasteiger partial charge < -0.3 is 9.80 Å². The number of carbonyl (C=O) groups is 2. The topological polar surface area (TPSA) is 40.6 Å². The maximum Gasteiger partial charge on any atom is 0.256 e. The predicted octanol–water partition coefficient (Wildman–Crippen LogP) is 3.78. The zero-order chi connectivity index (χ0) is 18.0. The predicted molar refractivity (Wildman–Crippen MR) is 100 cm³/mol. The molecule has 2 aromatic carbocycles. The summed E-state index contributed by atoms with van der Waals surface area (Å²) in [6.45, 7) is 4.82. The van der Waals surface area contributed by atoms with E-state index in [9.17, 15) is 9.59 Å². The van der Waals surface area contributed by atoms with Crippen molar-refractivity contribution >= 4 is 29.1 Å². The molecule has 0 N–H and O–H groups in total. The molecule has 4 nitrogen and oxygen atoms in total.